The molecule has 0 radical (unpaired) electrons. The average Bonchev–Trinajstić information content (AvgIpc) is 3.46. The van der Waals surface area contributed by atoms with E-state index in [0.29, 0.717) is 36.8 Å². The summed E-state index contributed by atoms with van der Waals surface area (Å²) in [6, 6.07) is 11.6. The maximum absolute atomic E-state index is 13.1. The molecule has 0 aliphatic carbocycles. The Labute approximate surface area is 186 Å². The number of hydrogen-bond donors (Lipinski definition) is 1. The number of nitrogens with one attached hydrogen (secondary N) is 1. The molecule has 1 atom stereocenters. The highest BCUT2D eigenvalue weighted by molar-refractivity contribution is 6.00. The lowest BCUT2D eigenvalue weighted by Gasteiger charge is -2.34. The molecule has 32 heavy (non-hydrogen) atoms. The fraction of sp³-hybridized carbons (Fsp3) is 0.375. The van der Waals surface area contributed by atoms with Crippen molar-refractivity contribution in [1.82, 2.24) is 25.1 Å². The molecule has 2 amide bonds. The Morgan fingerprint density at radius 1 is 1.16 bits per heavy atom. The minimum atomic E-state index is -0.213. The van der Waals surface area contributed by atoms with Crippen molar-refractivity contribution < 1.29 is 9.59 Å². The molecular formula is C24H26N6O2. The van der Waals surface area contributed by atoms with Crippen LogP contribution < -0.4 is 4.90 Å². The monoisotopic (exact) mass is 430 g/mol. The Balaban J connectivity index is 1.44. The number of aromatic amines is 1. The number of benzene rings is 1. The third-order valence-electron chi connectivity index (χ3n) is 6.35. The van der Waals surface area contributed by atoms with Gasteiger partial charge in [-0.2, -0.15) is 5.10 Å². The second-order valence-corrected chi connectivity index (χ2v) is 8.41. The van der Waals surface area contributed by atoms with E-state index >= 15 is 0 Å². The molecule has 2 aliphatic heterocycles. The SMILES string of the molecule is Cc1nc([C@H]2CCCCN2C(=O)c2ccn[nH]2)nc2c1CC(=O)N2CCc1ccccc1. The molecule has 2 aromatic heterocycles. The molecule has 0 spiro atoms. The number of anilines is 1. The number of aromatic nitrogens is 4. The second kappa shape index (κ2) is 8.53. The van der Waals surface area contributed by atoms with Gasteiger partial charge in [0.25, 0.3) is 5.91 Å². The summed E-state index contributed by atoms with van der Waals surface area (Å²) in [5.74, 6) is 1.28. The minimum absolute atomic E-state index is 0.0551. The van der Waals surface area contributed by atoms with Crippen LogP contribution in [0.25, 0.3) is 0 Å². The molecule has 1 saturated heterocycles. The lowest BCUT2D eigenvalue weighted by molar-refractivity contribution is -0.117. The van der Waals surface area contributed by atoms with Gasteiger partial charge >= 0.3 is 0 Å². The van der Waals surface area contributed by atoms with E-state index in [1.165, 1.54) is 5.56 Å². The van der Waals surface area contributed by atoms with Gasteiger partial charge < -0.3 is 4.90 Å². The Hall–Kier alpha value is -3.55. The zero-order valence-corrected chi connectivity index (χ0v) is 18.1. The second-order valence-electron chi connectivity index (χ2n) is 8.41. The van der Waals surface area contributed by atoms with Crippen LogP contribution in [0, 0.1) is 6.92 Å². The van der Waals surface area contributed by atoms with Crippen LogP contribution in [0.1, 0.15) is 58.4 Å². The van der Waals surface area contributed by atoms with Gasteiger partial charge in [-0.05, 0) is 44.2 Å². The standard InChI is InChI=1S/C24H26N6O2/c1-16-18-15-21(31)30(14-11-17-7-3-2-4-8-17)23(18)27-22(26-16)20-9-5-6-13-29(20)24(32)19-10-12-25-28-19/h2-4,7-8,10,12,20H,5-6,9,11,13-15H2,1H3,(H,25,28)/t20-/m1/s1. The minimum Gasteiger partial charge on any atom is -0.327 e. The average molecular weight is 431 g/mol. The van der Waals surface area contributed by atoms with Crippen molar-refractivity contribution in [3.63, 3.8) is 0 Å². The van der Waals surface area contributed by atoms with E-state index < -0.39 is 0 Å². The summed E-state index contributed by atoms with van der Waals surface area (Å²) in [5.41, 5.74) is 3.37. The molecule has 3 aromatic rings. The van der Waals surface area contributed by atoms with Crippen LogP contribution in [0.5, 0.6) is 0 Å². The fourth-order valence-electron chi connectivity index (χ4n) is 4.64. The summed E-state index contributed by atoms with van der Waals surface area (Å²) in [6.07, 6.45) is 5.43. The van der Waals surface area contributed by atoms with Crippen LogP contribution in [-0.4, -0.2) is 50.0 Å². The Bertz CT molecular complexity index is 1130. The number of fused-ring (bicyclic) bond motifs is 1. The van der Waals surface area contributed by atoms with Crippen molar-refractivity contribution in [2.75, 3.05) is 18.0 Å². The molecule has 8 nitrogen and oxygen atoms in total. The van der Waals surface area contributed by atoms with E-state index in [4.69, 9.17) is 9.97 Å². The van der Waals surface area contributed by atoms with Crippen LogP contribution in [0.4, 0.5) is 5.82 Å². The van der Waals surface area contributed by atoms with Crippen molar-refractivity contribution in [3.05, 3.63) is 70.9 Å². The highest BCUT2D eigenvalue weighted by Gasteiger charge is 2.35. The first-order valence-corrected chi connectivity index (χ1v) is 11.1. The van der Waals surface area contributed by atoms with Gasteiger partial charge in [0.2, 0.25) is 5.91 Å². The molecular weight excluding hydrogens is 404 g/mol. The van der Waals surface area contributed by atoms with Gasteiger partial charge in [0.15, 0.2) is 5.82 Å². The fourth-order valence-corrected chi connectivity index (χ4v) is 4.64. The zero-order chi connectivity index (χ0) is 22.1. The van der Waals surface area contributed by atoms with Crippen LogP contribution >= 0.6 is 0 Å². The van der Waals surface area contributed by atoms with Crippen LogP contribution in [-0.2, 0) is 17.6 Å². The summed E-state index contributed by atoms with van der Waals surface area (Å²) in [5, 5.41) is 6.68. The first kappa shape index (κ1) is 20.4. The topological polar surface area (TPSA) is 95.1 Å². The number of amides is 2. The molecule has 4 heterocycles. The molecule has 1 fully saturated rings. The predicted octanol–water partition coefficient (Wildman–Crippen LogP) is 3.01. The van der Waals surface area contributed by atoms with Crippen LogP contribution in [0.3, 0.4) is 0 Å². The maximum atomic E-state index is 13.1. The van der Waals surface area contributed by atoms with Crippen LogP contribution in [0.15, 0.2) is 42.6 Å². The Morgan fingerprint density at radius 3 is 2.78 bits per heavy atom. The molecule has 8 heteroatoms. The molecule has 0 bridgehead atoms. The third kappa shape index (κ3) is 3.77. The largest absolute Gasteiger partial charge is 0.327 e. The lowest BCUT2D eigenvalue weighted by atomic mass is 10.0. The van der Waals surface area contributed by atoms with Gasteiger partial charge in [0, 0.05) is 30.5 Å². The Morgan fingerprint density at radius 2 is 2.00 bits per heavy atom. The molecule has 0 saturated carbocycles. The lowest BCUT2D eigenvalue weighted by Crippen LogP contribution is -2.39. The van der Waals surface area contributed by atoms with E-state index in [1.54, 1.807) is 17.2 Å². The summed E-state index contributed by atoms with van der Waals surface area (Å²) >= 11 is 0. The van der Waals surface area contributed by atoms with Crippen molar-refractivity contribution >= 4 is 17.6 Å². The zero-order valence-electron chi connectivity index (χ0n) is 18.1. The van der Waals surface area contributed by atoms with Crippen molar-refractivity contribution in [2.24, 2.45) is 0 Å². The molecule has 1 aromatic carbocycles. The van der Waals surface area contributed by atoms with E-state index in [9.17, 15) is 9.59 Å². The van der Waals surface area contributed by atoms with E-state index in [1.807, 2.05) is 30.0 Å². The summed E-state index contributed by atoms with van der Waals surface area (Å²) in [4.78, 5) is 39.1. The third-order valence-corrected chi connectivity index (χ3v) is 6.35. The quantitative estimate of drug-likeness (QED) is 0.671. The number of piperidine rings is 1. The number of rotatable bonds is 5. The van der Waals surface area contributed by atoms with E-state index in [0.717, 1.165) is 36.9 Å². The highest BCUT2D eigenvalue weighted by Crippen LogP contribution is 2.35. The van der Waals surface area contributed by atoms with Gasteiger partial charge in [-0.3, -0.25) is 19.6 Å². The summed E-state index contributed by atoms with van der Waals surface area (Å²) in [7, 11) is 0. The number of carbonyl (C=O) groups is 2. The number of carbonyl (C=O) groups excluding carboxylic acids is 2. The predicted molar refractivity (Wildman–Crippen MR) is 119 cm³/mol. The van der Waals surface area contributed by atoms with Gasteiger partial charge in [0.05, 0.1) is 12.5 Å². The molecule has 2 aliphatic rings. The highest BCUT2D eigenvalue weighted by atomic mass is 16.2. The first-order valence-electron chi connectivity index (χ1n) is 11.1. The molecule has 5 rings (SSSR count). The van der Waals surface area contributed by atoms with Gasteiger partial charge in [-0.15, -0.1) is 0 Å². The van der Waals surface area contributed by atoms with Gasteiger partial charge in [-0.25, -0.2) is 9.97 Å². The summed E-state index contributed by atoms with van der Waals surface area (Å²) in [6.45, 7) is 3.16. The van der Waals surface area contributed by atoms with Crippen LogP contribution in [0.2, 0.25) is 0 Å². The number of H-pyrrole nitrogens is 1. The van der Waals surface area contributed by atoms with Crippen molar-refractivity contribution in [1.29, 1.82) is 0 Å². The van der Waals surface area contributed by atoms with Gasteiger partial charge in [0.1, 0.15) is 11.5 Å². The smallest absolute Gasteiger partial charge is 0.272 e. The summed E-state index contributed by atoms with van der Waals surface area (Å²) < 4.78 is 0. The number of hydrogen-bond acceptors (Lipinski definition) is 5. The molecule has 164 valence electrons. The number of aryl methyl sites for hydroxylation is 1. The van der Waals surface area contributed by atoms with E-state index in [2.05, 4.69) is 22.3 Å². The first-order chi connectivity index (χ1) is 15.6. The van der Waals surface area contributed by atoms with Crippen molar-refractivity contribution in [3.8, 4) is 0 Å². The number of likely N-dealkylation sites (tertiary alicyclic amines) is 1. The van der Waals surface area contributed by atoms with E-state index in [-0.39, 0.29) is 17.9 Å². The van der Waals surface area contributed by atoms with Gasteiger partial charge in [-0.1, -0.05) is 30.3 Å². The Kier molecular flexibility index (Phi) is 5.43. The molecule has 1 N–H and O–H groups in total. The maximum Gasteiger partial charge on any atom is 0.272 e. The normalized spacial score (nSPS) is 18.2. The van der Waals surface area contributed by atoms with Crippen molar-refractivity contribution in [2.45, 2.75) is 45.1 Å². The molecule has 0 unspecified atom stereocenters. The number of nitrogens with zero attached hydrogens (tertiary/aromatic N) is 5.